The van der Waals surface area contributed by atoms with E-state index in [1.165, 1.54) is 0 Å². The van der Waals surface area contributed by atoms with Gasteiger partial charge in [0.25, 0.3) is 5.89 Å². The van der Waals surface area contributed by atoms with E-state index in [4.69, 9.17) is 20.9 Å². The van der Waals surface area contributed by atoms with Crippen molar-refractivity contribution < 1.29 is 9.26 Å². The van der Waals surface area contributed by atoms with Gasteiger partial charge < -0.3 is 9.26 Å². The topological polar surface area (TPSA) is 76.8 Å². The molecular weight excluding hydrogens is 364 g/mol. The lowest BCUT2D eigenvalue weighted by Crippen LogP contribution is -1.92. The van der Waals surface area contributed by atoms with Gasteiger partial charge in [-0.1, -0.05) is 41.0 Å². The zero-order chi connectivity index (χ0) is 18.8. The van der Waals surface area contributed by atoms with E-state index in [1.807, 2.05) is 56.3 Å². The number of hydrogen-bond acceptors (Lipinski definition) is 5. The van der Waals surface area contributed by atoms with Gasteiger partial charge in [0, 0.05) is 11.1 Å². The maximum atomic E-state index is 6.31. The number of halogens is 1. The molecule has 0 aliphatic rings. The monoisotopic (exact) mass is 380 g/mol. The van der Waals surface area contributed by atoms with Crippen molar-refractivity contribution in [2.45, 2.75) is 13.8 Å². The molecule has 0 bridgehead atoms. The van der Waals surface area contributed by atoms with Crippen LogP contribution in [0.15, 0.2) is 53.2 Å². The first-order valence-electron chi connectivity index (χ1n) is 8.53. The predicted molar refractivity (Wildman–Crippen MR) is 104 cm³/mol. The van der Waals surface area contributed by atoms with Gasteiger partial charge in [-0.25, -0.2) is 0 Å². The van der Waals surface area contributed by atoms with Crippen molar-refractivity contribution in [1.29, 1.82) is 0 Å². The van der Waals surface area contributed by atoms with Gasteiger partial charge in [-0.3, -0.25) is 5.10 Å². The normalized spacial score (nSPS) is 10.9. The first kappa shape index (κ1) is 17.3. The fraction of sp³-hybridized carbons (Fsp3) is 0.150. The summed E-state index contributed by atoms with van der Waals surface area (Å²) in [7, 11) is 0. The molecule has 0 radical (unpaired) electrons. The highest BCUT2D eigenvalue weighted by Gasteiger charge is 2.18. The Morgan fingerprint density at radius 1 is 1.15 bits per heavy atom. The van der Waals surface area contributed by atoms with E-state index in [0.29, 0.717) is 34.7 Å². The Morgan fingerprint density at radius 2 is 2.00 bits per heavy atom. The van der Waals surface area contributed by atoms with E-state index in [1.54, 1.807) is 6.20 Å². The van der Waals surface area contributed by atoms with Gasteiger partial charge >= 0.3 is 0 Å². The first-order chi connectivity index (χ1) is 13.2. The highest BCUT2D eigenvalue weighted by Crippen LogP contribution is 2.34. The number of benzene rings is 2. The van der Waals surface area contributed by atoms with Crippen LogP contribution in [-0.2, 0) is 0 Å². The van der Waals surface area contributed by atoms with Crippen LogP contribution in [0.3, 0.4) is 0 Å². The highest BCUT2D eigenvalue weighted by atomic mass is 35.5. The van der Waals surface area contributed by atoms with Crippen LogP contribution in [0.4, 0.5) is 0 Å². The third kappa shape index (κ3) is 3.31. The van der Waals surface area contributed by atoms with Crippen molar-refractivity contribution in [2.75, 3.05) is 6.61 Å². The van der Waals surface area contributed by atoms with E-state index in [-0.39, 0.29) is 0 Å². The maximum absolute atomic E-state index is 6.31. The molecule has 2 aromatic carbocycles. The van der Waals surface area contributed by atoms with Crippen molar-refractivity contribution in [2.24, 2.45) is 0 Å². The van der Waals surface area contributed by atoms with Crippen LogP contribution in [-0.4, -0.2) is 26.9 Å². The van der Waals surface area contributed by atoms with Gasteiger partial charge in [0.1, 0.15) is 5.75 Å². The summed E-state index contributed by atoms with van der Waals surface area (Å²) < 4.78 is 11.0. The van der Waals surface area contributed by atoms with Gasteiger partial charge in [0.2, 0.25) is 5.82 Å². The molecular formula is C20H17ClN4O2. The Morgan fingerprint density at radius 3 is 2.78 bits per heavy atom. The average Bonchev–Trinajstić information content (AvgIpc) is 3.33. The number of nitrogens with one attached hydrogen (secondary N) is 1. The van der Waals surface area contributed by atoms with Gasteiger partial charge in [0.15, 0.2) is 0 Å². The standard InChI is InChI=1S/C20H17ClN4O2/c1-3-26-17-9-8-13(10-16(17)21)18-15(11-22-24-18)20-23-19(25-27-20)14-7-5-4-6-12(14)2/h4-11H,3H2,1-2H3,(H,22,24). The number of hydrogen-bond donors (Lipinski definition) is 1. The van der Waals surface area contributed by atoms with Crippen LogP contribution in [0, 0.1) is 6.92 Å². The summed E-state index contributed by atoms with van der Waals surface area (Å²) in [5.74, 6) is 1.57. The lowest BCUT2D eigenvalue weighted by molar-refractivity contribution is 0.340. The quantitative estimate of drug-likeness (QED) is 0.517. The molecule has 0 saturated carbocycles. The van der Waals surface area contributed by atoms with E-state index in [2.05, 4.69) is 20.3 Å². The SMILES string of the molecule is CCOc1ccc(-c2[nH]ncc2-c2nc(-c3ccccc3C)no2)cc1Cl. The number of aromatic nitrogens is 4. The van der Waals surface area contributed by atoms with Crippen molar-refractivity contribution in [3.05, 3.63) is 59.2 Å². The molecule has 0 unspecified atom stereocenters. The molecule has 6 nitrogen and oxygen atoms in total. The second-order valence-electron chi connectivity index (χ2n) is 5.97. The Kier molecular flexibility index (Phi) is 4.64. The Labute approximate surface area is 161 Å². The Hall–Kier alpha value is -3.12. The fourth-order valence-corrected chi connectivity index (χ4v) is 3.10. The second kappa shape index (κ2) is 7.25. The van der Waals surface area contributed by atoms with E-state index < -0.39 is 0 Å². The third-order valence-corrected chi connectivity index (χ3v) is 4.50. The van der Waals surface area contributed by atoms with Crippen LogP contribution in [0.25, 0.3) is 34.1 Å². The van der Waals surface area contributed by atoms with Crippen molar-refractivity contribution in [3.8, 4) is 39.8 Å². The molecule has 0 fully saturated rings. The van der Waals surface area contributed by atoms with Crippen LogP contribution in [0.2, 0.25) is 5.02 Å². The smallest absolute Gasteiger partial charge is 0.262 e. The molecule has 1 N–H and O–H groups in total. The highest BCUT2D eigenvalue weighted by molar-refractivity contribution is 6.32. The number of rotatable bonds is 5. The lowest BCUT2D eigenvalue weighted by Gasteiger charge is -2.07. The summed E-state index contributed by atoms with van der Waals surface area (Å²) in [5.41, 5.74) is 4.33. The van der Waals surface area contributed by atoms with Crippen LogP contribution < -0.4 is 4.74 Å². The molecule has 0 saturated heterocycles. The summed E-state index contributed by atoms with van der Waals surface area (Å²) in [5, 5.41) is 11.8. The lowest BCUT2D eigenvalue weighted by atomic mass is 10.1. The molecule has 4 aromatic rings. The predicted octanol–water partition coefficient (Wildman–Crippen LogP) is 5.15. The fourth-order valence-electron chi connectivity index (χ4n) is 2.86. The van der Waals surface area contributed by atoms with Crippen molar-refractivity contribution in [1.82, 2.24) is 20.3 Å². The van der Waals surface area contributed by atoms with E-state index in [9.17, 15) is 0 Å². The summed E-state index contributed by atoms with van der Waals surface area (Å²) in [4.78, 5) is 4.54. The minimum absolute atomic E-state index is 0.391. The van der Waals surface area contributed by atoms with Gasteiger partial charge in [-0.15, -0.1) is 0 Å². The van der Waals surface area contributed by atoms with Gasteiger partial charge in [0.05, 0.1) is 29.1 Å². The minimum Gasteiger partial charge on any atom is -0.492 e. The first-order valence-corrected chi connectivity index (χ1v) is 8.91. The second-order valence-corrected chi connectivity index (χ2v) is 6.38. The molecule has 0 aliphatic carbocycles. The summed E-state index contributed by atoms with van der Waals surface area (Å²) in [6, 6.07) is 13.5. The van der Waals surface area contributed by atoms with Crippen molar-refractivity contribution in [3.63, 3.8) is 0 Å². The van der Waals surface area contributed by atoms with E-state index >= 15 is 0 Å². The van der Waals surface area contributed by atoms with Gasteiger partial charge in [-0.05, 0) is 37.6 Å². The molecule has 2 aromatic heterocycles. The molecule has 0 aliphatic heterocycles. The Bertz CT molecular complexity index is 1090. The summed E-state index contributed by atoms with van der Waals surface area (Å²) in [6.07, 6.45) is 1.66. The largest absolute Gasteiger partial charge is 0.492 e. The van der Waals surface area contributed by atoms with E-state index in [0.717, 1.165) is 22.4 Å². The zero-order valence-corrected chi connectivity index (χ0v) is 15.6. The molecule has 2 heterocycles. The van der Waals surface area contributed by atoms with Gasteiger partial charge in [-0.2, -0.15) is 10.1 Å². The van der Waals surface area contributed by atoms with Crippen molar-refractivity contribution >= 4 is 11.6 Å². The molecule has 136 valence electrons. The maximum Gasteiger partial charge on any atom is 0.262 e. The van der Waals surface area contributed by atoms with Crippen LogP contribution in [0.5, 0.6) is 5.75 Å². The number of H-pyrrole nitrogens is 1. The zero-order valence-electron chi connectivity index (χ0n) is 14.9. The number of nitrogens with zero attached hydrogens (tertiary/aromatic N) is 3. The number of aromatic amines is 1. The molecule has 0 spiro atoms. The molecule has 27 heavy (non-hydrogen) atoms. The van der Waals surface area contributed by atoms with Crippen LogP contribution in [0.1, 0.15) is 12.5 Å². The molecule has 0 atom stereocenters. The molecule has 0 amide bonds. The Balaban J connectivity index is 1.71. The molecule has 7 heteroatoms. The summed E-state index contributed by atoms with van der Waals surface area (Å²) >= 11 is 6.31. The number of aryl methyl sites for hydroxylation is 1. The third-order valence-electron chi connectivity index (χ3n) is 4.20. The summed E-state index contributed by atoms with van der Waals surface area (Å²) in [6.45, 7) is 4.48. The van der Waals surface area contributed by atoms with Crippen LogP contribution >= 0.6 is 11.6 Å². The molecule has 4 rings (SSSR count). The minimum atomic E-state index is 0.391. The number of ether oxygens (including phenoxy) is 1. The average molecular weight is 381 g/mol.